The minimum absolute atomic E-state index is 0.0469. The van der Waals surface area contributed by atoms with Crippen LogP contribution in [-0.2, 0) is 4.74 Å². The fourth-order valence-corrected chi connectivity index (χ4v) is 4.54. The average molecular weight is 457 g/mol. The molecule has 33 heavy (non-hydrogen) atoms. The molecule has 0 bridgehead atoms. The fourth-order valence-electron chi connectivity index (χ4n) is 4.54. The van der Waals surface area contributed by atoms with Crippen LogP contribution in [0.2, 0.25) is 0 Å². The Morgan fingerprint density at radius 1 is 0.727 bits per heavy atom. The molecule has 0 radical (unpaired) electrons. The first-order chi connectivity index (χ1) is 16.0. The summed E-state index contributed by atoms with van der Waals surface area (Å²) in [5.74, 6) is -3.24. The molecule has 0 amide bonds. The Labute approximate surface area is 192 Å². The van der Waals surface area contributed by atoms with E-state index in [4.69, 9.17) is 4.74 Å². The summed E-state index contributed by atoms with van der Waals surface area (Å²) in [6, 6.07) is 12.8. The third kappa shape index (κ3) is 5.47. The summed E-state index contributed by atoms with van der Waals surface area (Å²) in [4.78, 5) is 0. The van der Waals surface area contributed by atoms with E-state index in [0.717, 1.165) is 43.2 Å². The van der Waals surface area contributed by atoms with Gasteiger partial charge in [-0.3, -0.25) is 0 Å². The molecule has 1 aliphatic heterocycles. The molecule has 4 rings (SSSR count). The molecule has 1 nitrogen and oxygen atoms in total. The van der Waals surface area contributed by atoms with E-state index in [-0.39, 0.29) is 17.2 Å². The Hall–Kier alpha value is -2.66. The second kappa shape index (κ2) is 10.5. The van der Waals surface area contributed by atoms with Crippen LogP contribution in [-0.4, -0.2) is 6.61 Å². The minimum Gasteiger partial charge on any atom is -0.373 e. The molecule has 2 unspecified atom stereocenters. The van der Waals surface area contributed by atoms with E-state index >= 15 is 0 Å². The van der Waals surface area contributed by atoms with Gasteiger partial charge in [-0.2, -0.15) is 0 Å². The van der Waals surface area contributed by atoms with Crippen LogP contribution in [0.15, 0.2) is 54.6 Å². The van der Waals surface area contributed by atoms with E-state index in [2.05, 4.69) is 6.92 Å². The zero-order valence-electron chi connectivity index (χ0n) is 18.7. The molecule has 3 aromatic rings. The van der Waals surface area contributed by atoms with Crippen LogP contribution >= 0.6 is 0 Å². The number of halogens is 4. The van der Waals surface area contributed by atoms with E-state index in [1.807, 2.05) is 24.3 Å². The molecule has 0 spiro atoms. The number of unbranched alkanes of at least 4 members (excludes halogenated alkanes) is 2. The molecule has 0 aromatic heterocycles. The Balaban J connectivity index is 1.46. The van der Waals surface area contributed by atoms with E-state index < -0.39 is 23.3 Å². The lowest BCUT2D eigenvalue weighted by Crippen LogP contribution is -2.20. The molecule has 0 saturated carbocycles. The third-order valence-electron chi connectivity index (χ3n) is 6.45. The van der Waals surface area contributed by atoms with Crippen molar-refractivity contribution < 1.29 is 22.3 Å². The van der Waals surface area contributed by atoms with Crippen LogP contribution in [0.25, 0.3) is 22.3 Å². The Morgan fingerprint density at radius 2 is 1.39 bits per heavy atom. The largest absolute Gasteiger partial charge is 0.373 e. The van der Waals surface area contributed by atoms with Crippen molar-refractivity contribution in [1.82, 2.24) is 0 Å². The maximum Gasteiger partial charge on any atom is 0.159 e. The quantitative estimate of drug-likeness (QED) is 0.255. The monoisotopic (exact) mass is 456 g/mol. The van der Waals surface area contributed by atoms with Crippen LogP contribution in [0.4, 0.5) is 17.6 Å². The zero-order valence-corrected chi connectivity index (χ0v) is 18.7. The Morgan fingerprint density at radius 3 is 2.00 bits per heavy atom. The van der Waals surface area contributed by atoms with Gasteiger partial charge in [-0.1, -0.05) is 56.5 Å². The smallest absolute Gasteiger partial charge is 0.159 e. The van der Waals surface area contributed by atoms with Crippen molar-refractivity contribution in [2.24, 2.45) is 5.92 Å². The van der Waals surface area contributed by atoms with E-state index in [9.17, 15) is 17.6 Å². The second-order valence-electron chi connectivity index (χ2n) is 8.83. The van der Waals surface area contributed by atoms with Crippen molar-refractivity contribution in [3.8, 4) is 22.3 Å². The highest BCUT2D eigenvalue weighted by atomic mass is 19.2. The lowest BCUT2D eigenvalue weighted by atomic mass is 9.90. The van der Waals surface area contributed by atoms with Crippen molar-refractivity contribution >= 4 is 0 Å². The highest BCUT2D eigenvalue weighted by Crippen LogP contribution is 2.35. The summed E-state index contributed by atoms with van der Waals surface area (Å²) in [6.45, 7) is 2.98. The van der Waals surface area contributed by atoms with E-state index in [1.54, 1.807) is 0 Å². The second-order valence-corrected chi connectivity index (χ2v) is 8.83. The van der Waals surface area contributed by atoms with Gasteiger partial charge in [0, 0.05) is 0 Å². The maximum absolute atomic E-state index is 14.8. The number of hydrogen-bond donors (Lipinski definition) is 0. The molecular weight excluding hydrogens is 428 g/mol. The van der Waals surface area contributed by atoms with Crippen molar-refractivity contribution in [3.63, 3.8) is 0 Å². The van der Waals surface area contributed by atoms with Crippen molar-refractivity contribution in [3.05, 3.63) is 83.4 Å². The van der Waals surface area contributed by atoms with Gasteiger partial charge in [-0.25, -0.2) is 17.6 Å². The average Bonchev–Trinajstić information content (AvgIpc) is 2.82. The Kier molecular flexibility index (Phi) is 7.49. The lowest BCUT2D eigenvalue weighted by molar-refractivity contribution is -0.0198. The van der Waals surface area contributed by atoms with Gasteiger partial charge in [-0.15, -0.1) is 0 Å². The van der Waals surface area contributed by atoms with Gasteiger partial charge in [0.25, 0.3) is 0 Å². The summed E-state index contributed by atoms with van der Waals surface area (Å²) in [5, 5.41) is 0. The van der Waals surface area contributed by atoms with Crippen LogP contribution in [0, 0.1) is 29.2 Å². The van der Waals surface area contributed by atoms with Crippen LogP contribution in [0.3, 0.4) is 0 Å². The van der Waals surface area contributed by atoms with Crippen molar-refractivity contribution in [1.29, 1.82) is 0 Å². The first-order valence-corrected chi connectivity index (χ1v) is 11.6. The highest BCUT2D eigenvalue weighted by molar-refractivity contribution is 5.72. The van der Waals surface area contributed by atoms with Crippen molar-refractivity contribution in [2.45, 2.75) is 51.6 Å². The predicted molar refractivity (Wildman–Crippen MR) is 123 cm³/mol. The normalized spacial score (nSPS) is 18.5. The number of ether oxygens (including phenoxy) is 1. The highest BCUT2D eigenvalue weighted by Gasteiger charge is 2.23. The number of rotatable bonds is 7. The van der Waals surface area contributed by atoms with Crippen LogP contribution in [0.1, 0.15) is 57.1 Å². The fraction of sp³-hybridized carbons (Fsp3) is 0.357. The summed E-state index contributed by atoms with van der Waals surface area (Å²) >= 11 is 0. The number of benzene rings is 3. The van der Waals surface area contributed by atoms with E-state index in [0.29, 0.717) is 17.0 Å². The molecule has 0 aliphatic carbocycles. The molecule has 0 N–H and O–H groups in total. The molecule has 2 atom stereocenters. The predicted octanol–water partition coefficient (Wildman–Crippen LogP) is 8.63. The third-order valence-corrected chi connectivity index (χ3v) is 6.45. The molecule has 1 saturated heterocycles. The SMILES string of the molecule is CCCCCC1CCC(c2ccc(-c3cc(F)c(-c4ccc(F)c(F)c4)c(F)c3)cc2)OC1. The minimum atomic E-state index is -1.15. The van der Waals surface area contributed by atoms with Crippen LogP contribution in [0.5, 0.6) is 0 Å². The van der Waals surface area contributed by atoms with E-state index in [1.165, 1.54) is 37.8 Å². The van der Waals surface area contributed by atoms with Gasteiger partial charge in [0.1, 0.15) is 11.6 Å². The zero-order chi connectivity index (χ0) is 23.4. The molecule has 174 valence electrons. The van der Waals surface area contributed by atoms with Gasteiger partial charge < -0.3 is 4.74 Å². The van der Waals surface area contributed by atoms with Crippen molar-refractivity contribution in [2.75, 3.05) is 6.61 Å². The maximum atomic E-state index is 14.8. The summed E-state index contributed by atoms with van der Waals surface area (Å²) in [7, 11) is 0. The summed E-state index contributed by atoms with van der Waals surface area (Å²) in [5.41, 5.74) is 1.68. The van der Waals surface area contributed by atoms with Gasteiger partial charge in [-0.05, 0) is 71.7 Å². The summed E-state index contributed by atoms with van der Waals surface area (Å²) < 4.78 is 62.3. The molecule has 1 heterocycles. The van der Waals surface area contributed by atoms with Gasteiger partial charge in [0.2, 0.25) is 0 Å². The molecular formula is C28H28F4O. The lowest BCUT2D eigenvalue weighted by Gasteiger charge is -2.29. The molecule has 1 fully saturated rings. The molecule has 5 heteroatoms. The molecule has 3 aromatic carbocycles. The summed E-state index contributed by atoms with van der Waals surface area (Å²) in [6.07, 6.45) is 7.14. The standard InChI is InChI=1S/C28H28F4O/c1-2-3-4-5-18-6-13-27(33-17-18)20-9-7-19(8-10-20)22-15-25(31)28(26(32)16-22)21-11-12-23(29)24(30)14-21/h7-12,14-16,18,27H,2-6,13,17H2,1H3. The topological polar surface area (TPSA) is 9.23 Å². The van der Waals surface area contributed by atoms with Crippen LogP contribution < -0.4 is 0 Å². The van der Waals surface area contributed by atoms with Gasteiger partial charge in [0.15, 0.2) is 11.6 Å². The number of hydrogen-bond acceptors (Lipinski definition) is 1. The Bertz CT molecular complexity index is 1060. The first-order valence-electron chi connectivity index (χ1n) is 11.6. The van der Waals surface area contributed by atoms with Gasteiger partial charge >= 0.3 is 0 Å². The first kappa shape index (κ1) is 23.5. The molecule has 1 aliphatic rings. The van der Waals surface area contributed by atoms with Gasteiger partial charge in [0.05, 0.1) is 18.3 Å².